The largest absolute Gasteiger partial charge is 0.0914 e. The van der Waals surface area contributed by atoms with Gasteiger partial charge >= 0.3 is 0 Å². The van der Waals surface area contributed by atoms with Gasteiger partial charge in [0.1, 0.15) is 0 Å². The predicted molar refractivity (Wildman–Crippen MR) is 76.0 cm³/mol. The second-order valence-corrected chi connectivity index (χ2v) is 6.57. The van der Waals surface area contributed by atoms with E-state index in [9.17, 15) is 0 Å². The van der Waals surface area contributed by atoms with Crippen molar-refractivity contribution in [2.75, 3.05) is 0 Å². The van der Waals surface area contributed by atoms with E-state index in [0.29, 0.717) is 0 Å². The van der Waals surface area contributed by atoms with Crippen LogP contribution in [0.2, 0.25) is 0 Å². The van der Waals surface area contributed by atoms with E-state index in [1.54, 1.807) is 0 Å². The molecular weight excluding hydrogens is 204 g/mol. The van der Waals surface area contributed by atoms with Crippen LogP contribution >= 0.6 is 0 Å². The minimum Gasteiger partial charge on any atom is -0.0914 e. The topological polar surface area (TPSA) is 0 Å². The monoisotopic (exact) mass is 234 g/mol. The van der Waals surface area contributed by atoms with Gasteiger partial charge in [-0.3, -0.25) is 0 Å². The highest BCUT2D eigenvalue weighted by Crippen LogP contribution is 2.40. The van der Waals surface area contributed by atoms with Gasteiger partial charge in [0.15, 0.2) is 0 Å². The van der Waals surface area contributed by atoms with Crippen molar-refractivity contribution in [3.8, 4) is 0 Å². The third kappa shape index (κ3) is 3.86. The van der Waals surface area contributed by atoms with Gasteiger partial charge in [-0.15, -0.1) is 0 Å². The lowest BCUT2D eigenvalue weighted by molar-refractivity contribution is 0.204. The van der Waals surface area contributed by atoms with Crippen molar-refractivity contribution in [2.45, 2.75) is 71.6 Å². The van der Waals surface area contributed by atoms with Crippen LogP contribution in [0.3, 0.4) is 0 Å². The van der Waals surface area contributed by atoms with Gasteiger partial charge in [0.25, 0.3) is 0 Å². The van der Waals surface area contributed by atoms with Crippen LogP contribution in [-0.2, 0) is 0 Å². The van der Waals surface area contributed by atoms with Crippen LogP contribution in [0.5, 0.6) is 0 Å². The predicted octanol–water partition coefficient (Wildman–Crippen LogP) is 5.59. The quantitative estimate of drug-likeness (QED) is 0.432. The summed E-state index contributed by atoms with van der Waals surface area (Å²) < 4.78 is 0. The molecule has 0 heterocycles. The normalized spacial score (nSPS) is 40.4. The maximum Gasteiger partial charge on any atom is -0.0233 e. The standard InChI is InChI=1S/C17H30/c1-3-5-15-9-12-17(13-10-15)16-7-4-6-14(2)8-11-16/h3,5,14-17H,4,6-13H2,1-2H3/b5-3+. The van der Waals surface area contributed by atoms with Crippen molar-refractivity contribution in [3.05, 3.63) is 12.2 Å². The van der Waals surface area contributed by atoms with Gasteiger partial charge < -0.3 is 0 Å². The first-order valence-corrected chi connectivity index (χ1v) is 7.92. The summed E-state index contributed by atoms with van der Waals surface area (Å²) in [6.45, 7) is 4.62. The molecule has 0 aromatic heterocycles. The Morgan fingerprint density at radius 3 is 2.12 bits per heavy atom. The molecule has 0 aromatic carbocycles. The van der Waals surface area contributed by atoms with E-state index in [0.717, 1.165) is 23.7 Å². The molecule has 2 rings (SSSR count). The molecule has 0 heteroatoms. The third-order valence-electron chi connectivity index (χ3n) is 5.25. The van der Waals surface area contributed by atoms with Gasteiger partial charge in [-0.2, -0.15) is 0 Å². The van der Waals surface area contributed by atoms with E-state index in [4.69, 9.17) is 0 Å². The highest BCUT2D eigenvalue weighted by Gasteiger charge is 2.27. The lowest BCUT2D eigenvalue weighted by Gasteiger charge is -2.32. The Hall–Kier alpha value is -0.260. The molecule has 0 radical (unpaired) electrons. The number of hydrogen-bond donors (Lipinski definition) is 0. The summed E-state index contributed by atoms with van der Waals surface area (Å²) in [6.07, 6.45) is 18.2. The van der Waals surface area contributed by atoms with Crippen molar-refractivity contribution in [3.63, 3.8) is 0 Å². The Labute approximate surface area is 108 Å². The molecule has 0 saturated heterocycles. The Morgan fingerprint density at radius 1 is 0.765 bits per heavy atom. The Kier molecular flexibility index (Phi) is 5.13. The minimum atomic E-state index is 0.904. The molecule has 98 valence electrons. The zero-order valence-electron chi connectivity index (χ0n) is 11.8. The van der Waals surface area contributed by atoms with Crippen molar-refractivity contribution >= 4 is 0 Å². The molecule has 0 amide bonds. The van der Waals surface area contributed by atoms with E-state index < -0.39 is 0 Å². The molecule has 17 heavy (non-hydrogen) atoms. The zero-order chi connectivity index (χ0) is 12.1. The van der Waals surface area contributed by atoms with E-state index in [-0.39, 0.29) is 0 Å². The SMILES string of the molecule is C/C=C/C1CCC(C2CCCC(C)CC2)CC1. The molecule has 0 aliphatic heterocycles. The molecule has 0 nitrogen and oxygen atoms in total. The molecule has 0 aromatic rings. The summed E-state index contributed by atoms with van der Waals surface area (Å²) in [5, 5.41) is 0. The first-order chi connectivity index (χ1) is 8.29. The summed E-state index contributed by atoms with van der Waals surface area (Å²) in [5.74, 6) is 4.05. The molecule has 2 saturated carbocycles. The molecule has 2 aliphatic carbocycles. The van der Waals surface area contributed by atoms with Crippen molar-refractivity contribution in [1.29, 1.82) is 0 Å². The summed E-state index contributed by atoms with van der Waals surface area (Å²) >= 11 is 0. The lowest BCUT2D eigenvalue weighted by Crippen LogP contribution is -2.21. The Bertz CT molecular complexity index is 232. The summed E-state index contributed by atoms with van der Waals surface area (Å²) in [7, 11) is 0. The highest BCUT2D eigenvalue weighted by atomic mass is 14.3. The molecule has 0 spiro atoms. The van der Waals surface area contributed by atoms with Crippen LogP contribution in [0.15, 0.2) is 12.2 Å². The summed E-state index contributed by atoms with van der Waals surface area (Å²) in [6, 6.07) is 0. The van der Waals surface area contributed by atoms with E-state index in [1.807, 2.05) is 0 Å². The number of allylic oxidation sites excluding steroid dienone is 2. The van der Waals surface area contributed by atoms with Crippen LogP contribution in [0.4, 0.5) is 0 Å². The maximum atomic E-state index is 2.45. The van der Waals surface area contributed by atoms with Crippen LogP contribution < -0.4 is 0 Å². The van der Waals surface area contributed by atoms with Gasteiger partial charge in [-0.05, 0) is 62.7 Å². The van der Waals surface area contributed by atoms with Crippen molar-refractivity contribution < 1.29 is 0 Å². The number of hydrogen-bond acceptors (Lipinski definition) is 0. The Morgan fingerprint density at radius 2 is 1.41 bits per heavy atom. The molecule has 2 unspecified atom stereocenters. The smallest absolute Gasteiger partial charge is 0.0233 e. The molecule has 2 aliphatic rings. The lowest BCUT2D eigenvalue weighted by atomic mass is 9.73. The van der Waals surface area contributed by atoms with Gasteiger partial charge in [0.2, 0.25) is 0 Å². The molecule has 0 N–H and O–H groups in total. The number of rotatable bonds is 2. The molecular formula is C17H30. The van der Waals surface area contributed by atoms with E-state index in [2.05, 4.69) is 26.0 Å². The zero-order valence-corrected chi connectivity index (χ0v) is 11.8. The average molecular weight is 234 g/mol. The van der Waals surface area contributed by atoms with Gasteiger partial charge in [-0.25, -0.2) is 0 Å². The average Bonchev–Trinajstić information content (AvgIpc) is 2.56. The third-order valence-corrected chi connectivity index (χ3v) is 5.25. The Balaban J connectivity index is 1.79. The minimum absolute atomic E-state index is 0.904. The fraction of sp³-hybridized carbons (Fsp3) is 0.882. The summed E-state index contributed by atoms with van der Waals surface area (Å²) in [4.78, 5) is 0. The van der Waals surface area contributed by atoms with E-state index in [1.165, 1.54) is 57.8 Å². The van der Waals surface area contributed by atoms with Gasteiger partial charge in [0, 0.05) is 0 Å². The molecule has 2 fully saturated rings. The van der Waals surface area contributed by atoms with E-state index >= 15 is 0 Å². The fourth-order valence-electron chi connectivity index (χ4n) is 4.07. The van der Waals surface area contributed by atoms with Crippen LogP contribution in [0, 0.1) is 23.7 Å². The van der Waals surface area contributed by atoms with Crippen molar-refractivity contribution in [2.24, 2.45) is 23.7 Å². The van der Waals surface area contributed by atoms with Crippen LogP contribution in [-0.4, -0.2) is 0 Å². The first-order valence-electron chi connectivity index (χ1n) is 7.92. The first kappa shape index (κ1) is 13.2. The molecule has 0 bridgehead atoms. The van der Waals surface area contributed by atoms with Crippen LogP contribution in [0.25, 0.3) is 0 Å². The van der Waals surface area contributed by atoms with Crippen molar-refractivity contribution in [1.82, 2.24) is 0 Å². The van der Waals surface area contributed by atoms with Gasteiger partial charge in [0.05, 0.1) is 0 Å². The van der Waals surface area contributed by atoms with Crippen LogP contribution in [0.1, 0.15) is 71.6 Å². The fourth-order valence-corrected chi connectivity index (χ4v) is 4.07. The summed E-state index contributed by atoms with van der Waals surface area (Å²) in [5.41, 5.74) is 0. The second kappa shape index (κ2) is 6.61. The highest BCUT2D eigenvalue weighted by molar-refractivity contribution is 4.90. The maximum absolute atomic E-state index is 2.45. The molecule has 2 atom stereocenters. The van der Waals surface area contributed by atoms with Gasteiger partial charge in [-0.1, -0.05) is 44.8 Å². The second-order valence-electron chi connectivity index (χ2n) is 6.57.